The summed E-state index contributed by atoms with van der Waals surface area (Å²) in [4.78, 5) is 23.9. The highest BCUT2D eigenvalue weighted by molar-refractivity contribution is 7.99. The topological polar surface area (TPSA) is 70.2 Å². The van der Waals surface area contributed by atoms with E-state index in [1.807, 2.05) is 19.9 Å². The molecule has 0 aliphatic carbocycles. The average molecular weight is 330 g/mol. The molecule has 0 saturated carbocycles. The van der Waals surface area contributed by atoms with Crippen LogP contribution in [-0.4, -0.2) is 36.0 Å². The third kappa shape index (κ3) is 4.62. The van der Waals surface area contributed by atoms with E-state index in [2.05, 4.69) is 16.0 Å². The number of hydrogen-bond acceptors (Lipinski definition) is 4. The number of hydrogen-bond donors (Lipinski definition) is 3. The van der Waals surface area contributed by atoms with Crippen LogP contribution in [0.5, 0.6) is 0 Å². The summed E-state index contributed by atoms with van der Waals surface area (Å²) < 4.78 is 0. The zero-order chi connectivity index (χ0) is 14.5. The van der Waals surface area contributed by atoms with Gasteiger partial charge in [0.25, 0.3) is 5.91 Å². The van der Waals surface area contributed by atoms with Gasteiger partial charge in [-0.05, 0) is 31.5 Å². The summed E-state index contributed by atoms with van der Waals surface area (Å²) in [7, 11) is 0. The van der Waals surface area contributed by atoms with Gasteiger partial charge in [-0.3, -0.25) is 14.9 Å². The predicted octanol–water partition coefficient (Wildman–Crippen LogP) is 1.77. The molecule has 1 aromatic carbocycles. The monoisotopic (exact) mass is 329 g/mol. The molecule has 3 N–H and O–H groups in total. The SMILES string of the molecule is CCNC(=O)c1ccc(C)c(NC(=O)C2CSCN2)c1.Cl. The van der Waals surface area contributed by atoms with Crippen molar-refractivity contribution < 1.29 is 9.59 Å². The number of amides is 2. The van der Waals surface area contributed by atoms with Gasteiger partial charge < -0.3 is 10.6 Å². The fourth-order valence-corrected chi connectivity index (χ4v) is 2.89. The maximum atomic E-state index is 12.1. The number of rotatable bonds is 4. The van der Waals surface area contributed by atoms with E-state index in [4.69, 9.17) is 0 Å². The molecule has 1 heterocycles. The fourth-order valence-electron chi connectivity index (χ4n) is 1.94. The zero-order valence-electron chi connectivity index (χ0n) is 12.1. The van der Waals surface area contributed by atoms with Crippen LogP contribution in [0.1, 0.15) is 22.8 Å². The minimum absolute atomic E-state index is 0. The Hall–Kier alpha value is -1.24. The van der Waals surface area contributed by atoms with Gasteiger partial charge in [-0.25, -0.2) is 0 Å². The van der Waals surface area contributed by atoms with Crippen molar-refractivity contribution in [3.05, 3.63) is 29.3 Å². The van der Waals surface area contributed by atoms with Crippen molar-refractivity contribution in [3.63, 3.8) is 0 Å². The van der Waals surface area contributed by atoms with Crippen molar-refractivity contribution in [2.45, 2.75) is 19.9 Å². The van der Waals surface area contributed by atoms with E-state index in [1.54, 1.807) is 23.9 Å². The molecule has 21 heavy (non-hydrogen) atoms. The van der Waals surface area contributed by atoms with E-state index in [1.165, 1.54) is 0 Å². The fraction of sp³-hybridized carbons (Fsp3) is 0.429. The Balaban J connectivity index is 0.00000220. The average Bonchev–Trinajstić information content (AvgIpc) is 2.95. The number of anilines is 1. The molecule has 2 rings (SSSR count). The molecule has 0 spiro atoms. The van der Waals surface area contributed by atoms with E-state index in [0.717, 1.165) is 17.2 Å². The Labute approximate surface area is 135 Å². The summed E-state index contributed by atoms with van der Waals surface area (Å²) in [6.45, 7) is 4.36. The Bertz CT molecular complexity index is 519. The normalized spacial score (nSPS) is 17.0. The molecule has 2 amide bonds. The lowest BCUT2D eigenvalue weighted by atomic mass is 10.1. The molecule has 0 bridgehead atoms. The Morgan fingerprint density at radius 2 is 2.19 bits per heavy atom. The summed E-state index contributed by atoms with van der Waals surface area (Å²) in [5.74, 6) is 1.40. The molecule has 5 nitrogen and oxygen atoms in total. The Morgan fingerprint density at radius 3 is 2.81 bits per heavy atom. The largest absolute Gasteiger partial charge is 0.352 e. The molecule has 0 aromatic heterocycles. The van der Waals surface area contributed by atoms with Crippen LogP contribution >= 0.6 is 24.2 Å². The smallest absolute Gasteiger partial charge is 0.251 e. The van der Waals surface area contributed by atoms with Crippen LogP contribution in [-0.2, 0) is 4.79 Å². The number of carbonyl (C=O) groups excluding carboxylic acids is 2. The molecule has 1 aliphatic heterocycles. The number of benzene rings is 1. The Kier molecular flexibility index (Phi) is 7.01. The van der Waals surface area contributed by atoms with Crippen LogP contribution in [0, 0.1) is 6.92 Å². The maximum Gasteiger partial charge on any atom is 0.251 e. The third-order valence-corrected chi connectivity index (χ3v) is 4.07. The van der Waals surface area contributed by atoms with Gasteiger partial charge in [-0.2, -0.15) is 0 Å². The molecule has 1 aromatic rings. The van der Waals surface area contributed by atoms with Crippen LogP contribution < -0.4 is 16.0 Å². The lowest BCUT2D eigenvalue weighted by molar-refractivity contribution is -0.117. The zero-order valence-corrected chi connectivity index (χ0v) is 13.7. The number of nitrogens with one attached hydrogen (secondary N) is 3. The first kappa shape index (κ1) is 17.8. The summed E-state index contributed by atoms with van der Waals surface area (Å²) in [6.07, 6.45) is 0. The Morgan fingerprint density at radius 1 is 1.43 bits per heavy atom. The molecule has 0 radical (unpaired) electrons. The standard InChI is InChI=1S/C14H19N3O2S.ClH/c1-3-15-13(18)10-5-4-9(2)11(6-10)17-14(19)12-7-20-8-16-12;/h4-6,12,16H,3,7-8H2,1-2H3,(H,15,18)(H,17,19);1H. The van der Waals surface area contributed by atoms with E-state index >= 15 is 0 Å². The molecular formula is C14H20ClN3O2S. The van der Waals surface area contributed by atoms with Crippen LogP contribution in [0.15, 0.2) is 18.2 Å². The molecular weight excluding hydrogens is 310 g/mol. The van der Waals surface area contributed by atoms with Crippen molar-refractivity contribution in [2.75, 3.05) is 23.5 Å². The summed E-state index contributed by atoms with van der Waals surface area (Å²) in [6, 6.07) is 5.17. The van der Waals surface area contributed by atoms with Crippen molar-refractivity contribution in [1.29, 1.82) is 0 Å². The number of halogens is 1. The number of thioether (sulfide) groups is 1. The van der Waals surface area contributed by atoms with Crippen LogP contribution in [0.4, 0.5) is 5.69 Å². The van der Waals surface area contributed by atoms with Crippen LogP contribution in [0.25, 0.3) is 0 Å². The van der Waals surface area contributed by atoms with Crippen molar-refractivity contribution >= 4 is 41.7 Å². The van der Waals surface area contributed by atoms with Gasteiger partial charge in [-0.15, -0.1) is 24.2 Å². The molecule has 1 saturated heterocycles. The van der Waals surface area contributed by atoms with Gasteiger partial charge in [-0.1, -0.05) is 6.07 Å². The lowest BCUT2D eigenvalue weighted by Gasteiger charge is -2.13. The highest BCUT2D eigenvalue weighted by Gasteiger charge is 2.23. The van der Waals surface area contributed by atoms with E-state index in [-0.39, 0.29) is 30.3 Å². The predicted molar refractivity (Wildman–Crippen MR) is 89.3 cm³/mol. The van der Waals surface area contributed by atoms with E-state index < -0.39 is 0 Å². The second kappa shape index (κ2) is 8.26. The van der Waals surface area contributed by atoms with Gasteiger partial charge in [0.2, 0.25) is 5.91 Å². The van der Waals surface area contributed by atoms with Crippen LogP contribution in [0.3, 0.4) is 0 Å². The van der Waals surface area contributed by atoms with Crippen molar-refractivity contribution in [1.82, 2.24) is 10.6 Å². The second-order valence-corrected chi connectivity index (χ2v) is 5.68. The first-order valence-corrected chi connectivity index (χ1v) is 7.78. The highest BCUT2D eigenvalue weighted by Crippen LogP contribution is 2.18. The molecule has 1 unspecified atom stereocenters. The van der Waals surface area contributed by atoms with Crippen molar-refractivity contribution in [2.24, 2.45) is 0 Å². The van der Waals surface area contributed by atoms with Gasteiger partial charge in [0.15, 0.2) is 0 Å². The van der Waals surface area contributed by atoms with E-state index in [0.29, 0.717) is 17.8 Å². The van der Waals surface area contributed by atoms with Gasteiger partial charge in [0, 0.05) is 29.4 Å². The molecule has 1 atom stereocenters. The first-order chi connectivity index (χ1) is 9.61. The molecule has 116 valence electrons. The minimum atomic E-state index is -0.160. The first-order valence-electron chi connectivity index (χ1n) is 6.62. The molecule has 1 aliphatic rings. The molecule has 1 fully saturated rings. The van der Waals surface area contributed by atoms with Crippen LogP contribution in [0.2, 0.25) is 0 Å². The number of aryl methyl sites for hydroxylation is 1. The molecule has 7 heteroatoms. The third-order valence-electron chi connectivity index (χ3n) is 3.13. The quantitative estimate of drug-likeness (QED) is 0.787. The summed E-state index contributed by atoms with van der Waals surface area (Å²) in [5.41, 5.74) is 2.19. The van der Waals surface area contributed by atoms with Gasteiger partial charge >= 0.3 is 0 Å². The lowest BCUT2D eigenvalue weighted by Crippen LogP contribution is -2.37. The van der Waals surface area contributed by atoms with E-state index in [9.17, 15) is 9.59 Å². The number of carbonyl (C=O) groups is 2. The maximum absolute atomic E-state index is 12.1. The van der Waals surface area contributed by atoms with Crippen molar-refractivity contribution in [3.8, 4) is 0 Å². The second-order valence-electron chi connectivity index (χ2n) is 4.65. The summed E-state index contributed by atoms with van der Waals surface area (Å²) >= 11 is 1.70. The highest BCUT2D eigenvalue weighted by atomic mass is 35.5. The van der Waals surface area contributed by atoms with Gasteiger partial charge in [0.05, 0.1) is 6.04 Å². The summed E-state index contributed by atoms with van der Waals surface area (Å²) in [5, 5.41) is 8.77. The van der Waals surface area contributed by atoms with Gasteiger partial charge in [0.1, 0.15) is 0 Å². The minimum Gasteiger partial charge on any atom is -0.352 e.